The fraction of sp³-hybridized carbons (Fsp3) is 0.483. The second-order valence-corrected chi connectivity index (χ2v) is 11.0. The van der Waals surface area contributed by atoms with Crippen LogP contribution in [0.15, 0.2) is 42.5 Å². The largest absolute Gasteiger partial charge is 0.507 e. The van der Waals surface area contributed by atoms with E-state index in [-0.39, 0.29) is 11.3 Å². The number of aliphatic hydroxyl groups is 1. The van der Waals surface area contributed by atoms with Crippen LogP contribution in [0.4, 0.5) is 10.5 Å². The normalized spacial score (nSPS) is 13.3. The molecule has 2 unspecified atom stereocenters. The SMILES string of the molecule is CCC(C)(C)N(C(=O)C(CO)NC(=O)OC(C)(C)C)C(C(=O)Nc1ccccc1C)c1cccc(C)c1O. The number of hydrogen-bond donors (Lipinski definition) is 4. The molecule has 0 fully saturated rings. The summed E-state index contributed by atoms with van der Waals surface area (Å²) in [6.07, 6.45) is -0.442. The standard InChI is InChI=1S/C29H41N3O6/c1-9-29(7,8)32(26(36)22(17-33)31-27(37)38-28(4,5)6)23(20-15-12-14-19(3)24(20)34)25(35)30-21-16-11-10-13-18(21)2/h10-16,22-23,33-34H,9,17H2,1-8H3,(H,30,35)(H,31,37). The quantitative estimate of drug-likeness (QED) is 0.378. The van der Waals surface area contributed by atoms with Crippen LogP contribution in [-0.4, -0.2) is 56.8 Å². The van der Waals surface area contributed by atoms with E-state index >= 15 is 0 Å². The molecule has 0 aliphatic rings. The van der Waals surface area contributed by atoms with E-state index in [9.17, 15) is 24.6 Å². The lowest BCUT2D eigenvalue weighted by molar-refractivity contribution is -0.148. The maximum atomic E-state index is 14.0. The minimum absolute atomic E-state index is 0.122. The van der Waals surface area contributed by atoms with Crippen molar-refractivity contribution in [3.8, 4) is 5.75 Å². The van der Waals surface area contributed by atoms with Gasteiger partial charge in [0.25, 0.3) is 5.91 Å². The number of carbonyl (C=O) groups is 3. The Morgan fingerprint density at radius 1 is 0.974 bits per heavy atom. The predicted molar refractivity (Wildman–Crippen MR) is 147 cm³/mol. The first-order chi connectivity index (χ1) is 17.6. The van der Waals surface area contributed by atoms with Crippen molar-refractivity contribution in [3.05, 3.63) is 59.2 Å². The summed E-state index contributed by atoms with van der Waals surface area (Å²) in [4.78, 5) is 41.8. The van der Waals surface area contributed by atoms with E-state index < -0.39 is 47.7 Å². The fourth-order valence-corrected chi connectivity index (χ4v) is 3.96. The molecule has 0 bridgehead atoms. The number of aromatic hydroxyl groups is 1. The van der Waals surface area contributed by atoms with Crippen LogP contribution in [0.2, 0.25) is 0 Å². The van der Waals surface area contributed by atoms with Crippen molar-refractivity contribution in [2.75, 3.05) is 11.9 Å². The highest BCUT2D eigenvalue weighted by atomic mass is 16.6. The van der Waals surface area contributed by atoms with Gasteiger partial charge in [-0.2, -0.15) is 0 Å². The smallest absolute Gasteiger partial charge is 0.408 e. The summed E-state index contributed by atoms with van der Waals surface area (Å²) in [5.41, 5.74) is 0.383. The lowest BCUT2D eigenvalue weighted by Crippen LogP contribution is -2.59. The van der Waals surface area contributed by atoms with Crippen molar-refractivity contribution in [1.82, 2.24) is 10.2 Å². The Labute approximate surface area is 225 Å². The summed E-state index contributed by atoms with van der Waals surface area (Å²) in [5, 5.41) is 26.5. The Morgan fingerprint density at radius 2 is 1.58 bits per heavy atom. The van der Waals surface area contributed by atoms with Gasteiger partial charge in [0.1, 0.15) is 23.4 Å². The molecule has 0 saturated carbocycles. The molecular weight excluding hydrogens is 486 g/mol. The van der Waals surface area contributed by atoms with Crippen LogP contribution in [0, 0.1) is 13.8 Å². The second kappa shape index (κ2) is 12.3. The zero-order chi connectivity index (χ0) is 28.8. The third kappa shape index (κ3) is 7.47. The molecule has 2 atom stereocenters. The Kier molecular flexibility index (Phi) is 9.92. The molecule has 208 valence electrons. The van der Waals surface area contributed by atoms with Crippen molar-refractivity contribution < 1.29 is 29.3 Å². The molecule has 9 heteroatoms. The molecule has 4 N–H and O–H groups in total. The van der Waals surface area contributed by atoms with Crippen molar-refractivity contribution in [2.45, 2.75) is 85.0 Å². The van der Waals surface area contributed by atoms with E-state index in [0.717, 1.165) is 5.56 Å². The van der Waals surface area contributed by atoms with E-state index in [1.54, 1.807) is 71.9 Å². The number of carbonyl (C=O) groups excluding carboxylic acids is 3. The molecule has 0 aliphatic carbocycles. The van der Waals surface area contributed by atoms with Crippen LogP contribution in [-0.2, 0) is 14.3 Å². The van der Waals surface area contributed by atoms with Crippen molar-refractivity contribution in [3.63, 3.8) is 0 Å². The lowest BCUT2D eigenvalue weighted by Gasteiger charge is -2.44. The predicted octanol–water partition coefficient (Wildman–Crippen LogP) is 4.59. The minimum Gasteiger partial charge on any atom is -0.507 e. The Morgan fingerprint density at radius 3 is 2.13 bits per heavy atom. The fourth-order valence-electron chi connectivity index (χ4n) is 3.96. The van der Waals surface area contributed by atoms with E-state index in [1.807, 2.05) is 26.0 Å². The molecule has 0 heterocycles. The zero-order valence-electron chi connectivity index (χ0n) is 23.6. The monoisotopic (exact) mass is 527 g/mol. The van der Waals surface area contributed by atoms with Gasteiger partial charge in [-0.25, -0.2) is 4.79 Å². The van der Waals surface area contributed by atoms with E-state index in [4.69, 9.17) is 4.74 Å². The highest BCUT2D eigenvalue weighted by Gasteiger charge is 2.44. The third-order valence-corrected chi connectivity index (χ3v) is 6.40. The third-order valence-electron chi connectivity index (χ3n) is 6.40. The van der Waals surface area contributed by atoms with Crippen molar-refractivity contribution >= 4 is 23.6 Å². The van der Waals surface area contributed by atoms with Crippen LogP contribution >= 0.6 is 0 Å². The highest BCUT2D eigenvalue weighted by Crippen LogP contribution is 2.38. The summed E-state index contributed by atoms with van der Waals surface area (Å²) in [6.45, 7) is 13.3. The number of aryl methyl sites for hydroxylation is 2. The van der Waals surface area contributed by atoms with Gasteiger partial charge >= 0.3 is 6.09 Å². The summed E-state index contributed by atoms with van der Waals surface area (Å²) in [5.74, 6) is -1.37. The summed E-state index contributed by atoms with van der Waals surface area (Å²) >= 11 is 0. The topological polar surface area (TPSA) is 128 Å². The number of rotatable bonds is 9. The highest BCUT2D eigenvalue weighted by molar-refractivity contribution is 6.00. The van der Waals surface area contributed by atoms with Gasteiger partial charge in [0, 0.05) is 16.8 Å². The van der Waals surface area contributed by atoms with Crippen LogP contribution in [0.3, 0.4) is 0 Å². The Hall–Kier alpha value is -3.59. The molecule has 0 saturated heterocycles. The van der Waals surface area contributed by atoms with E-state index in [0.29, 0.717) is 17.7 Å². The molecule has 3 amide bonds. The number of phenolic OH excluding ortho intramolecular Hbond substituents is 1. The van der Waals surface area contributed by atoms with Gasteiger partial charge in [-0.15, -0.1) is 0 Å². The van der Waals surface area contributed by atoms with E-state index in [1.165, 1.54) is 4.90 Å². The average molecular weight is 528 g/mol. The average Bonchev–Trinajstić information content (AvgIpc) is 2.82. The first-order valence-corrected chi connectivity index (χ1v) is 12.7. The summed E-state index contributed by atoms with van der Waals surface area (Å²) in [7, 11) is 0. The number of para-hydroxylation sites is 2. The van der Waals surface area contributed by atoms with Gasteiger partial charge in [0.05, 0.1) is 6.61 Å². The molecule has 0 aliphatic heterocycles. The van der Waals surface area contributed by atoms with Gasteiger partial charge in [-0.05, 0) is 72.1 Å². The number of nitrogens with one attached hydrogen (secondary N) is 2. The molecular formula is C29H41N3O6. The second-order valence-electron chi connectivity index (χ2n) is 11.0. The maximum absolute atomic E-state index is 14.0. The van der Waals surface area contributed by atoms with Crippen molar-refractivity contribution in [1.29, 1.82) is 0 Å². The van der Waals surface area contributed by atoms with Crippen LogP contribution in [0.1, 0.15) is 70.7 Å². The van der Waals surface area contributed by atoms with Crippen LogP contribution in [0.25, 0.3) is 0 Å². The van der Waals surface area contributed by atoms with Gasteiger partial charge < -0.3 is 30.5 Å². The Bertz CT molecular complexity index is 1160. The Balaban J connectivity index is 2.65. The number of ether oxygens (including phenoxy) is 1. The lowest BCUT2D eigenvalue weighted by atomic mass is 9.91. The van der Waals surface area contributed by atoms with Crippen LogP contribution in [0.5, 0.6) is 5.75 Å². The zero-order valence-corrected chi connectivity index (χ0v) is 23.6. The summed E-state index contributed by atoms with van der Waals surface area (Å²) < 4.78 is 5.28. The molecule has 0 spiro atoms. The van der Waals surface area contributed by atoms with Crippen molar-refractivity contribution in [2.24, 2.45) is 0 Å². The number of alkyl carbamates (subject to hydrolysis) is 1. The molecule has 2 aromatic rings. The first kappa shape index (κ1) is 30.6. The number of hydrogen-bond acceptors (Lipinski definition) is 6. The number of aliphatic hydroxyl groups excluding tert-OH is 1. The molecule has 9 nitrogen and oxygen atoms in total. The van der Waals surface area contributed by atoms with Gasteiger partial charge in [-0.3, -0.25) is 9.59 Å². The van der Waals surface area contributed by atoms with Gasteiger partial charge in [0.2, 0.25) is 5.91 Å². The molecule has 0 radical (unpaired) electrons. The maximum Gasteiger partial charge on any atom is 0.408 e. The molecule has 38 heavy (non-hydrogen) atoms. The van der Waals surface area contributed by atoms with E-state index in [2.05, 4.69) is 10.6 Å². The number of phenols is 1. The molecule has 2 aromatic carbocycles. The summed E-state index contributed by atoms with van der Waals surface area (Å²) in [6, 6.07) is 9.54. The van der Waals surface area contributed by atoms with Gasteiger partial charge in [0.15, 0.2) is 0 Å². The number of nitrogens with zero attached hydrogens (tertiary/aromatic N) is 1. The number of benzene rings is 2. The molecule has 2 rings (SSSR count). The number of amides is 3. The van der Waals surface area contributed by atoms with Gasteiger partial charge in [-0.1, -0.05) is 43.3 Å². The van der Waals surface area contributed by atoms with Crippen LogP contribution < -0.4 is 10.6 Å². The first-order valence-electron chi connectivity index (χ1n) is 12.7. The number of anilines is 1. The molecule has 0 aromatic heterocycles. The minimum atomic E-state index is -1.39.